The number of hydrogen-bond acceptors (Lipinski definition) is 3. The van der Waals surface area contributed by atoms with Gasteiger partial charge in [-0.05, 0) is 51.0 Å². The number of halogens is 1. The molecule has 0 saturated carbocycles. The number of nitrogens with one attached hydrogen (secondary N) is 1. The van der Waals surface area contributed by atoms with Gasteiger partial charge in [-0.1, -0.05) is 42.4 Å². The van der Waals surface area contributed by atoms with Crippen molar-refractivity contribution >= 4 is 28.5 Å². The molecule has 3 aromatic rings. The molecule has 1 unspecified atom stereocenters. The van der Waals surface area contributed by atoms with Crippen LogP contribution in [-0.4, -0.2) is 22.1 Å². The Morgan fingerprint density at radius 1 is 1.21 bits per heavy atom. The van der Waals surface area contributed by atoms with E-state index in [1.165, 1.54) is 0 Å². The molecule has 0 spiro atoms. The molecule has 0 radical (unpaired) electrons. The molecule has 6 heteroatoms. The van der Waals surface area contributed by atoms with Crippen molar-refractivity contribution in [3.63, 3.8) is 0 Å². The highest BCUT2D eigenvalue weighted by atomic mass is 35.5. The molecule has 1 heterocycles. The standard InChI is InChI=1S/C23H26ClN3O2/c1-16(2)23(28)25-17(3)22-26-19-11-5-6-12-20(19)27(22)14-8-9-15-29-21-13-7-4-10-18(21)24/h4-7,10-13,17H,1,8-9,14-15H2,2-3H3,(H,25,28). The molecular formula is C23H26ClN3O2. The first-order chi connectivity index (χ1) is 14.0. The smallest absolute Gasteiger partial charge is 0.246 e. The predicted molar refractivity (Wildman–Crippen MR) is 117 cm³/mol. The van der Waals surface area contributed by atoms with Crippen LogP contribution in [0.4, 0.5) is 0 Å². The Morgan fingerprint density at radius 2 is 1.93 bits per heavy atom. The maximum atomic E-state index is 12.0. The van der Waals surface area contributed by atoms with Crippen LogP contribution in [0.25, 0.3) is 11.0 Å². The number of hydrogen-bond donors (Lipinski definition) is 1. The highest BCUT2D eigenvalue weighted by molar-refractivity contribution is 6.32. The quantitative estimate of drug-likeness (QED) is 0.384. The zero-order valence-corrected chi connectivity index (χ0v) is 17.6. The topological polar surface area (TPSA) is 56.2 Å². The summed E-state index contributed by atoms with van der Waals surface area (Å²) in [5, 5.41) is 3.59. The van der Waals surface area contributed by atoms with E-state index in [1.807, 2.05) is 49.4 Å². The van der Waals surface area contributed by atoms with Gasteiger partial charge in [-0.15, -0.1) is 0 Å². The number of ether oxygens (including phenoxy) is 1. The molecule has 0 aliphatic rings. The summed E-state index contributed by atoms with van der Waals surface area (Å²) in [6.07, 6.45) is 1.79. The average molecular weight is 412 g/mol. The third-order valence-corrected chi connectivity index (χ3v) is 4.99. The Labute approximate surface area is 176 Å². The van der Waals surface area contributed by atoms with Crippen LogP contribution >= 0.6 is 11.6 Å². The maximum absolute atomic E-state index is 12.0. The number of carbonyl (C=O) groups is 1. The van der Waals surface area contributed by atoms with Crippen LogP contribution in [0.5, 0.6) is 5.75 Å². The summed E-state index contributed by atoms with van der Waals surface area (Å²) in [5.41, 5.74) is 2.47. The molecule has 0 saturated heterocycles. The lowest BCUT2D eigenvalue weighted by Crippen LogP contribution is -2.29. The Hall–Kier alpha value is -2.79. The van der Waals surface area contributed by atoms with Crippen molar-refractivity contribution in [3.8, 4) is 5.75 Å². The van der Waals surface area contributed by atoms with Gasteiger partial charge in [0.2, 0.25) is 5.91 Å². The van der Waals surface area contributed by atoms with E-state index in [4.69, 9.17) is 21.3 Å². The zero-order chi connectivity index (χ0) is 20.8. The van der Waals surface area contributed by atoms with Crippen molar-refractivity contribution in [2.45, 2.75) is 39.3 Å². The molecule has 0 aliphatic heterocycles. The summed E-state index contributed by atoms with van der Waals surface area (Å²) in [6.45, 7) is 8.73. The molecule has 1 amide bonds. The van der Waals surface area contributed by atoms with Gasteiger partial charge in [0, 0.05) is 12.1 Å². The number of aryl methyl sites for hydroxylation is 1. The number of fused-ring (bicyclic) bond motifs is 1. The summed E-state index contributed by atoms with van der Waals surface area (Å²) in [5.74, 6) is 1.39. The molecule has 1 N–H and O–H groups in total. The van der Waals surface area contributed by atoms with Gasteiger partial charge in [0.15, 0.2) is 0 Å². The van der Waals surface area contributed by atoms with Crippen molar-refractivity contribution in [2.24, 2.45) is 0 Å². The third kappa shape index (κ3) is 5.18. The Kier molecular flexibility index (Phi) is 6.94. The highest BCUT2D eigenvalue weighted by Gasteiger charge is 2.18. The zero-order valence-electron chi connectivity index (χ0n) is 16.8. The van der Waals surface area contributed by atoms with Gasteiger partial charge in [-0.3, -0.25) is 4.79 Å². The van der Waals surface area contributed by atoms with Crippen LogP contribution in [0.1, 0.15) is 38.6 Å². The van der Waals surface area contributed by atoms with Crippen LogP contribution in [0.15, 0.2) is 60.7 Å². The third-order valence-electron chi connectivity index (χ3n) is 4.68. The molecule has 1 aromatic heterocycles. The number of imidazole rings is 1. The van der Waals surface area contributed by atoms with E-state index in [1.54, 1.807) is 6.92 Å². The molecule has 29 heavy (non-hydrogen) atoms. The van der Waals surface area contributed by atoms with Gasteiger partial charge in [0.05, 0.1) is 28.7 Å². The summed E-state index contributed by atoms with van der Waals surface area (Å²) in [7, 11) is 0. The molecule has 152 valence electrons. The first-order valence-corrected chi connectivity index (χ1v) is 10.1. The molecular weight excluding hydrogens is 386 g/mol. The van der Waals surface area contributed by atoms with Crippen molar-refractivity contribution < 1.29 is 9.53 Å². The fourth-order valence-corrected chi connectivity index (χ4v) is 3.35. The summed E-state index contributed by atoms with van der Waals surface area (Å²) < 4.78 is 7.95. The molecule has 0 aliphatic carbocycles. The van der Waals surface area contributed by atoms with E-state index in [-0.39, 0.29) is 11.9 Å². The van der Waals surface area contributed by atoms with Crippen LogP contribution in [0, 0.1) is 0 Å². The molecule has 5 nitrogen and oxygen atoms in total. The second-order valence-electron chi connectivity index (χ2n) is 7.07. The molecule has 0 fully saturated rings. The number of unbranched alkanes of at least 4 members (excludes halogenated alkanes) is 1. The number of rotatable bonds is 9. The molecule has 3 rings (SSSR count). The Balaban J connectivity index is 1.66. The van der Waals surface area contributed by atoms with Gasteiger partial charge in [-0.2, -0.15) is 0 Å². The van der Waals surface area contributed by atoms with E-state index >= 15 is 0 Å². The van der Waals surface area contributed by atoms with Gasteiger partial charge in [0.25, 0.3) is 0 Å². The predicted octanol–water partition coefficient (Wildman–Crippen LogP) is 5.30. The first kappa shape index (κ1) is 20.9. The van der Waals surface area contributed by atoms with Crippen molar-refractivity contribution in [3.05, 3.63) is 71.5 Å². The minimum absolute atomic E-state index is 0.163. The lowest BCUT2D eigenvalue weighted by molar-refractivity contribution is -0.118. The highest BCUT2D eigenvalue weighted by Crippen LogP contribution is 2.24. The summed E-state index contributed by atoms with van der Waals surface area (Å²) in [4.78, 5) is 16.8. The van der Waals surface area contributed by atoms with Crippen LogP contribution in [-0.2, 0) is 11.3 Å². The largest absolute Gasteiger partial charge is 0.492 e. The van der Waals surface area contributed by atoms with Crippen LogP contribution in [0.3, 0.4) is 0 Å². The van der Waals surface area contributed by atoms with E-state index < -0.39 is 0 Å². The fourth-order valence-electron chi connectivity index (χ4n) is 3.16. The Morgan fingerprint density at radius 3 is 2.69 bits per heavy atom. The van der Waals surface area contributed by atoms with Crippen molar-refractivity contribution in [1.82, 2.24) is 14.9 Å². The van der Waals surface area contributed by atoms with Crippen molar-refractivity contribution in [1.29, 1.82) is 0 Å². The number of para-hydroxylation sites is 3. The number of amides is 1. The minimum atomic E-state index is -0.217. The van der Waals surface area contributed by atoms with Gasteiger partial charge in [-0.25, -0.2) is 4.98 Å². The fraction of sp³-hybridized carbons (Fsp3) is 0.304. The van der Waals surface area contributed by atoms with Crippen molar-refractivity contribution in [2.75, 3.05) is 6.61 Å². The first-order valence-electron chi connectivity index (χ1n) is 9.76. The van der Waals surface area contributed by atoms with Crippen LogP contribution < -0.4 is 10.1 Å². The minimum Gasteiger partial charge on any atom is -0.492 e. The average Bonchev–Trinajstić information content (AvgIpc) is 3.08. The van der Waals surface area contributed by atoms with Gasteiger partial charge < -0.3 is 14.6 Å². The summed E-state index contributed by atoms with van der Waals surface area (Å²) in [6, 6.07) is 15.3. The number of benzene rings is 2. The lowest BCUT2D eigenvalue weighted by Gasteiger charge is -2.16. The molecule has 0 bridgehead atoms. The monoisotopic (exact) mass is 411 g/mol. The molecule has 1 atom stereocenters. The van der Waals surface area contributed by atoms with Gasteiger partial charge in [0.1, 0.15) is 11.6 Å². The van der Waals surface area contributed by atoms with E-state index in [0.29, 0.717) is 23.0 Å². The normalized spacial score (nSPS) is 12.0. The second kappa shape index (κ2) is 9.61. The summed E-state index contributed by atoms with van der Waals surface area (Å²) >= 11 is 6.12. The SMILES string of the molecule is C=C(C)C(=O)NC(C)c1nc2ccccc2n1CCCCOc1ccccc1Cl. The van der Waals surface area contributed by atoms with E-state index in [9.17, 15) is 4.79 Å². The number of nitrogens with zero attached hydrogens (tertiary/aromatic N) is 2. The van der Waals surface area contributed by atoms with Crippen LogP contribution in [0.2, 0.25) is 5.02 Å². The van der Waals surface area contributed by atoms with E-state index in [2.05, 4.69) is 22.5 Å². The lowest BCUT2D eigenvalue weighted by atomic mass is 10.2. The number of carbonyl (C=O) groups excluding carboxylic acids is 1. The molecule has 2 aromatic carbocycles. The maximum Gasteiger partial charge on any atom is 0.246 e. The van der Waals surface area contributed by atoms with E-state index in [0.717, 1.165) is 36.2 Å². The Bertz CT molecular complexity index is 1010. The number of aromatic nitrogens is 2. The second-order valence-corrected chi connectivity index (χ2v) is 7.48. The van der Waals surface area contributed by atoms with Gasteiger partial charge >= 0.3 is 0 Å².